The van der Waals surface area contributed by atoms with Crippen molar-refractivity contribution < 1.29 is 28.9 Å². The number of nitrogens with zero attached hydrogens (tertiary/aromatic N) is 2. The Morgan fingerprint density at radius 2 is 2.06 bits per heavy atom. The van der Waals surface area contributed by atoms with Crippen LogP contribution in [0.2, 0.25) is 0 Å². The Kier molecular flexibility index (Phi) is 7.29. The van der Waals surface area contributed by atoms with Gasteiger partial charge in [0.2, 0.25) is 5.88 Å². The van der Waals surface area contributed by atoms with Crippen molar-refractivity contribution in [1.82, 2.24) is 15.3 Å². The molecule has 1 amide bonds. The Hall–Kier alpha value is -3.20. The summed E-state index contributed by atoms with van der Waals surface area (Å²) < 4.78 is 16.5. The van der Waals surface area contributed by atoms with Gasteiger partial charge >= 0.3 is 12.1 Å². The average molecular weight is 444 g/mol. The molecule has 0 spiro atoms. The topological polar surface area (TPSA) is 120 Å². The summed E-state index contributed by atoms with van der Waals surface area (Å²) in [6.45, 7) is 5.31. The number of hydrogen-bond acceptors (Lipinski definition) is 7. The fourth-order valence-electron chi connectivity index (χ4n) is 3.53. The molecule has 9 heteroatoms. The molecule has 0 aliphatic carbocycles. The quantitative estimate of drug-likeness (QED) is 0.695. The number of carbonyl (C=O) groups is 2. The van der Waals surface area contributed by atoms with Crippen LogP contribution < -0.4 is 10.1 Å². The molecule has 2 aromatic rings. The lowest BCUT2D eigenvalue weighted by Gasteiger charge is -2.35. The normalized spacial score (nSPS) is 21.4. The molecular formula is C23H29N3O6. The number of methoxy groups -OCH3 is 1. The number of pyridine rings is 2. The van der Waals surface area contributed by atoms with E-state index in [2.05, 4.69) is 15.3 Å². The predicted molar refractivity (Wildman–Crippen MR) is 118 cm³/mol. The number of rotatable bonds is 6. The second-order valence-electron chi connectivity index (χ2n) is 8.62. The van der Waals surface area contributed by atoms with E-state index in [1.807, 2.05) is 24.3 Å². The molecule has 1 saturated heterocycles. The molecule has 1 fully saturated rings. The Morgan fingerprint density at radius 1 is 1.28 bits per heavy atom. The minimum Gasteiger partial charge on any atom is -0.481 e. The number of ether oxygens (including phenoxy) is 3. The van der Waals surface area contributed by atoms with E-state index in [1.165, 1.54) is 0 Å². The summed E-state index contributed by atoms with van der Waals surface area (Å²) in [7, 11) is 1.56. The number of alkyl carbamates (subject to hydrolysis) is 1. The zero-order valence-corrected chi connectivity index (χ0v) is 18.7. The van der Waals surface area contributed by atoms with Crippen LogP contribution in [0.25, 0.3) is 17.1 Å². The first kappa shape index (κ1) is 23.5. The van der Waals surface area contributed by atoms with Crippen molar-refractivity contribution in [2.24, 2.45) is 0 Å². The van der Waals surface area contributed by atoms with Crippen LogP contribution in [-0.4, -0.2) is 58.1 Å². The summed E-state index contributed by atoms with van der Waals surface area (Å²) in [5.74, 6) is -0.501. The van der Waals surface area contributed by atoms with Crippen LogP contribution in [0.5, 0.6) is 5.88 Å². The first-order valence-corrected chi connectivity index (χ1v) is 10.5. The number of carboxylic acids is 1. The third kappa shape index (κ3) is 6.40. The smallest absolute Gasteiger partial charge is 0.407 e. The van der Waals surface area contributed by atoms with E-state index in [9.17, 15) is 14.7 Å². The van der Waals surface area contributed by atoms with Gasteiger partial charge in [-0.3, -0.25) is 9.78 Å². The summed E-state index contributed by atoms with van der Waals surface area (Å²) in [6.07, 6.45) is 4.88. The van der Waals surface area contributed by atoms with Gasteiger partial charge in [0.1, 0.15) is 5.60 Å². The molecule has 3 atom stereocenters. The van der Waals surface area contributed by atoms with Crippen LogP contribution in [0.1, 0.15) is 45.6 Å². The zero-order valence-electron chi connectivity index (χ0n) is 18.7. The maximum Gasteiger partial charge on any atom is 0.407 e. The van der Waals surface area contributed by atoms with Crippen molar-refractivity contribution in [3.8, 4) is 5.88 Å². The minimum absolute atomic E-state index is 0.220. The second-order valence-corrected chi connectivity index (χ2v) is 8.62. The first-order valence-electron chi connectivity index (χ1n) is 10.5. The average Bonchev–Trinajstić information content (AvgIpc) is 2.71. The molecule has 0 aromatic carbocycles. The highest BCUT2D eigenvalue weighted by Crippen LogP contribution is 2.25. The van der Waals surface area contributed by atoms with Gasteiger partial charge in [-0.25, -0.2) is 9.78 Å². The molecule has 2 aromatic heterocycles. The molecule has 172 valence electrons. The Morgan fingerprint density at radius 3 is 2.75 bits per heavy atom. The molecule has 3 rings (SSSR count). The Balaban J connectivity index is 1.72. The van der Waals surface area contributed by atoms with Gasteiger partial charge in [-0.05, 0) is 45.7 Å². The molecule has 0 bridgehead atoms. The molecule has 1 aliphatic heterocycles. The molecule has 0 radical (unpaired) electrons. The van der Waals surface area contributed by atoms with Gasteiger partial charge in [0.05, 0.1) is 42.8 Å². The highest BCUT2D eigenvalue weighted by Gasteiger charge is 2.34. The number of carboxylic acid groups (broad SMARTS) is 1. The van der Waals surface area contributed by atoms with Crippen molar-refractivity contribution in [3.63, 3.8) is 0 Å². The van der Waals surface area contributed by atoms with Crippen LogP contribution in [0.4, 0.5) is 4.79 Å². The van der Waals surface area contributed by atoms with E-state index >= 15 is 0 Å². The largest absolute Gasteiger partial charge is 0.481 e. The zero-order chi connectivity index (χ0) is 23.3. The maximum absolute atomic E-state index is 12.2. The SMILES string of the molecule is COc1ccc2nccc(/C=C/[C@@H]3CC[C@@H](NC(=O)OC(C)(C)C)[C@@H](CC(=O)O)O3)c2n1. The monoisotopic (exact) mass is 443 g/mol. The minimum atomic E-state index is -0.993. The number of hydrogen-bond donors (Lipinski definition) is 2. The van der Waals surface area contributed by atoms with E-state index in [-0.39, 0.29) is 12.5 Å². The van der Waals surface area contributed by atoms with E-state index < -0.39 is 29.8 Å². The fraction of sp³-hybridized carbons (Fsp3) is 0.478. The van der Waals surface area contributed by atoms with Crippen LogP contribution in [0, 0.1) is 0 Å². The fourth-order valence-corrected chi connectivity index (χ4v) is 3.53. The molecule has 2 N–H and O–H groups in total. The highest BCUT2D eigenvalue weighted by molar-refractivity contribution is 5.84. The number of fused-ring (bicyclic) bond motifs is 1. The summed E-state index contributed by atoms with van der Waals surface area (Å²) in [5.41, 5.74) is 1.65. The van der Waals surface area contributed by atoms with Crippen molar-refractivity contribution in [3.05, 3.63) is 36.0 Å². The lowest BCUT2D eigenvalue weighted by molar-refractivity contribution is -0.143. The van der Waals surface area contributed by atoms with Gasteiger partial charge in [0.25, 0.3) is 0 Å². The van der Waals surface area contributed by atoms with Crippen LogP contribution >= 0.6 is 0 Å². The maximum atomic E-state index is 12.2. The van der Waals surface area contributed by atoms with E-state index in [0.717, 1.165) is 11.1 Å². The number of amides is 1. The molecule has 9 nitrogen and oxygen atoms in total. The first-order chi connectivity index (χ1) is 15.1. The van der Waals surface area contributed by atoms with Gasteiger partial charge < -0.3 is 24.6 Å². The molecular weight excluding hydrogens is 414 g/mol. The summed E-state index contributed by atoms with van der Waals surface area (Å²) in [4.78, 5) is 32.3. The van der Waals surface area contributed by atoms with E-state index in [4.69, 9.17) is 14.2 Å². The lowest BCUT2D eigenvalue weighted by atomic mass is 9.96. The van der Waals surface area contributed by atoms with Crippen molar-refractivity contribution >= 4 is 29.2 Å². The molecule has 0 unspecified atom stereocenters. The summed E-state index contributed by atoms with van der Waals surface area (Å²) in [6, 6.07) is 4.99. The van der Waals surface area contributed by atoms with Gasteiger partial charge in [-0.2, -0.15) is 0 Å². The van der Waals surface area contributed by atoms with Gasteiger partial charge in [-0.1, -0.05) is 12.2 Å². The summed E-state index contributed by atoms with van der Waals surface area (Å²) >= 11 is 0. The number of carbonyl (C=O) groups excluding carboxylic acids is 1. The standard InChI is InChI=1S/C23H29N3O6/c1-23(2,3)32-22(29)25-16-8-7-15(31-18(16)13-20(27)28)6-5-14-11-12-24-17-9-10-19(30-4)26-21(14)17/h5-6,9-12,15-16,18H,7-8,13H2,1-4H3,(H,25,29)(H,27,28)/b6-5+/t15-,16-,18-/m1/s1. The van der Waals surface area contributed by atoms with Crippen molar-refractivity contribution in [2.75, 3.05) is 7.11 Å². The Labute approximate surface area is 186 Å². The number of aromatic nitrogens is 2. The van der Waals surface area contributed by atoms with E-state index in [1.54, 1.807) is 40.1 Å². The third-order valence-electron chi connectivity index (χ3n) is 4.93. The van der Waals surface area contributed by atoms with E-state index in [0.29, 0.717) is 24.2 Å². The predicted octanol–water partition coefficient (Wildman–Crippen LogP) is 3.57. The Bertz CT molecular complexity index is 1000. The van der Waals surface area contributed by atoms with Crippen molar-refractivity contribution in [1.29, 1.82) is 0 Å². The lowest BCUT2D eigenvalue weighted by Crippen LogP contribution is -2.50. The molecule has 3 heterocycles. The van der Waals surface area contributed by atoms with Crippen LogP contribution in [-0.2, 0) is 14.3 Å². The molecule has 32 heavy (non-hydrogen) atoms. The van der Waals surface area contributed by atoms with Gasteiger partial charge in [0, 0.05) is 17.8 Å². The second kappa shape index (κ2) is 9.95. The molecule has 1 aliphatic rings. The van der Waals surface area contributed by atoms with Crippen molar-refractivity contribution in [2.45, 2.75) is 63.9 Å². The highest BCUT2D eigenvalue weighted by atomic mass is 16.6. The molecule has 0 saturated carbocycles. The van der Waals surface area contributed by atoms with Crippen LogP contribution in [0.15, 0.2) is 30.5 Å². The third-order valence-corrected chi connectivity index (χ3v) is 4.93. The number of nitrogens with one attached hydrogen (secondary N) is 1. The van der Waals surface area contributed by atoms with Gasteiger partial charge in [0.15, 0.2) is 0 Å². The summed E-state index contributed by atoms with van der Waals surface area (Å²) in [5, 5.41) is 12.1. The van der Waals surface area contributed by atoms with Gasteiger partial charge in [-0.15, -0.1) is 0 Å². The van der Waals surface area contributed by atoms with Crippen LogP contribution in [0.3, 0.4) is 0 Å². The number of aliphatic carboxylic acids is 1.